The lowest BCUT2D eigenvalue weighted by molar-refractivity contribution is -0.189. The maximum atomic E-state index is 15.0. The molecule has 0 saturated heterocycles. The Kier molecular flexibility index (Phi) is 7.85. The average molecular weight is 525 g/mol. The molecule has 0 spiro atoms. The molecule has 0 amide bonds. The predicted molar refractivity (Wildman–Crippen MR) is 127 cm³/mol. The summed E-state index contributed by atoms with van der Waals surface area (Å²) in [4.78, 5) is 0. The van der Waals surface area contributed by atoms with Crippen molar-refractivity contribution in [1.29, 1.82) is 0 Å². The topological polar surface area (TPSA) is 9.23 Å². The van der Waals surface area contributed by atoms with Gasteiger partial charge in [-0.1, -0.05) is 31.9 Å². The van der Waals surface area contributed by atoms with Crippen molar-refractivity contribution in [2.75, 3.05) is 0 Å². The van der Waals surface area contributed by atoms with E-state index in [2.05, 4.69) is 11.7 Å². The monoisotopic (exact) mass is 524 g/mol. The van der Waals surface area contributed by atoms with Gasteiger partial charge in [-0.25, -0.2) is 22.0 Å². The molecule has 1 aliphatic carbocycles. The predicted octanol–water partition coefficient (Wildman–Crippen LogP) is 9.56. The molecule has 37 heavy (non-hydrogen) atoms. The quantitative estimate of drug-likeness (QED) is 0.280. The number of ether oxygens (including phenoxy) is 1. The molecule has 1 aliphatic rings. The van der Waals surface area contributed by atoms with E-state index in [0.29, 0.717) is 30.2 Å². The number of rotatable bonds is 7. The molecule has 0 heterocycles. The van der Waals surface area contributed by atoms with Crippen molar-refractivity contribution in [3.05, 3.63) is 88.2 Å². The van der Waals surface area contributed by atoms with Gasteiger partial charge in [0.2, 0.25) is 0 Å². The molecule has 198 valence electrons. The molecule has 8 heteroatoms. The molecule has 0 aromatic heterocycles. The Bertz CT molecular complexity index is 1230. The minimum atomic E-state index is -4.60. The van der Waals surface area contributed by atoms with Crippen molar-refractivity contribution >= 4 is 0 Å². The molecule has 3 aromatic rings. The molecule has 1 saturated carbocycles. The van der Waals surface area contributed by atoms with Gasteiger partial charge in [0.25, 0.3) is 0 Å². The van der Waals surface area contributed by atoms with Crippen molar-refractivity contribution in [3.63, 3.8) is 0 Å². The Morgan fingerprint density at radius 2 is 1.38 bits per heavy atom. The molecule has 0 radical (unpaired) electrons. The molecule has 0 unspecified atom stereocenters. The van der Waals surface area contributed by atoms with E-state index in [4.69, 9.17) is 0 Å². The van der Waals surface area contributed by atoms with E-state index >= 15 is 0 Å². The zero-order chi connectivity index (χ0) is 26.9. The molecule has 1 nitrogen and oxygen atoms in total. The van der Waals surface area contributed by atoms with E-state index in [-0.39, 0.29) is 17.0 Å². The number of benzene rings is 3. The van der Waals surface area contributed by atoms with Gasteiger partial charge in [0.1, 0.15) is 40.4 Å². The van der Waals surface area contributed by atoms with Crippen molar-refractivity contribution in [2.24, 2.45) is 5.92 Å². The highest BCUT2D eigenvalue weighted by atomic mass is 19.3. The van der Waals surface area contributed by atoms with Crippen molar-refractivity contribution < 1.29 is 35.5 Å². The summed E-state index contributed by atoms with van der Waals surface area (Å²) in [6.45, 7) is 3.24. The first-order valence-corrected chi connectivity index (χ1v) is 12.3. The minimum Gasteiger partial charge on any atom is -0.429 e. The summed E-state index contributed by atoms with van der Waals surface area (Å²) in [6.07, 6.45) is 1.72. The van der Waals surface area contributed by atoms with Gasteiger partial charge in [0.05, 0.1) is 0 Å². The van der Waals surface area contributed by atoms with Gasteiger partial charge in [-0.2, -0.15) is 8.78 Å². The first-order valence-electron chi connectivity index (χ1n) is 12.3. The van der Waals surface area contributed by atoms with Crippen LogP contribution in [-0.2, 0) is 6.11 Å². The summed E-state index contributed by atoms with van der Waals surface area (Å²) in [5.41, 5.74) is -1.78. The van der Waals surface area contributed by atoms with Crippen LogP contribution in [0.4, 0.5) is 30.7 Å². The molecular formula is C29H27F7O. The lowest BCUT2D eigenvalue weighted by Gasteiger charge is -2.28. The summed E-state index contributed by atoms with van der Waals surface area (Å²) in [7, 11) is 0. The molecule has 1 fully saturated rings. The third kappa shape index (κ3) is 5.78. The SMILES string of the molecule is CCCC1CCC(c2ccc(-c3cc(F)c(C(F)(F)Oc4cc(F)c(C)c(F)c4)c(F)c3)c(F)c2)CC1. The largest absolute Gasteiger partial charge is 0.432 e. The van der Waals surface area contributed by atoms with Gasteiger partial charge >= 0.3 is 6.11 Å². The fourth-order valence-corrected chi connectivity index (χ4v) is 5.10. The lowest BCUT2D eigenvalue weighted by Crippen LogP contribution is -2.25. The Labute approximate surface area is 211 Å². The zero-order valence-corrected chi connectivity index (χ0v) is 20.5. The summed E-state index contributed by atoms with van der Waals surface area (Å²) < 4.78 is 105. The average Bonchev–Trinajstić information content (AvgIpc) is 2.82. The van der Waals surface area contributed by atoms with Crippen LogP contribution in [-0.4, -0.2) is 0 Å². The van der Waals surface area contributed by atoms with E-state index in [1.807, 2.05) is 0 Å². The van der Waals surface area contributed by atoms with Gasteiger partial charge in [0.15, 0.2) is 0 Å². The van der Waals surface area contributed by atoms with Crippen molar-refractivity contribution in [1.82, 2.24) is 0 Å². The summed E-state index contributed by atoms with van der Waals surface area (Å²) >= 11 is 0. The number of hydrogen-bond donors (Lipinski definition) is 0. The van der Waals surface area contributed by atoms with E-state index in [1.165, 1.54) is 18.6 Å². The summed E-state index contributed by atoms with van der Waals surface area (Å²) in [6, 6.07) is 6.57. The highest BCUT2D eigenvalue weighted by Gasteiger charge is 2.41. The maximum Gasteiger partial charge on any atom is 0.432 e. The van der Waals surface area contributed by atoms with E-state index in [9.17, 15) is 30.7 Å². The standard InChI is InChI=1S/C29H27F7O/c1-3-4-17-5-7-18(8-6-17)19-9-10-22(25(32)11-19)20-12-26(33)28(27(34)13-20)29(35,36)37-21-14-23(30)16(2)24(31)15-21/h9-15,17-18H,3-8H2,1-2H3. The maximum absolute atomic E-state index is 15.0. The second kappa shape index (κ2) is 10.8. The van der Waals surface area contributed by atoms with Crippen LogP contribution in [0.25, 0.3) is 11.1 Å². The van der Waals surface area contributed by atoms with Crippen LogP contribution >= 0.6 is 0 Å². The van der Waals surface area contributed by atoms with Gasteiger partial charge in [0, 0.05) is 23.3 Å². The van der Waals surface area contributed by atoms with Crippen LogP contribution in [0.15, 0.2) is 42.5 Å². The van der Waals surface area contributed by atoms with Crippen LogP contribution in [0.5, 0.6) is 5.75 Å². The van der Waals surface area contributed by atoms with Crippen LogP contribution in [0.2, 0.25) is 0 Å². The minimum absolute atomic E-state index is 0.139. The van der Waals surface area contributed by atoms with Gasteiger partial charge in [-0.3, -0.25) is 0 Å². The third-order valence-electron chi connectivity index (χ3n) is 7.15. The van der Waals surface area contributed by atoms with E-state index < -0.39 is 52.1 Å². The number of alkyl halides is 2. The first-order chi connectivity index (χ1) is 17.5. The molecule has 0 bridgehead atoms. The van der Waals surface area contributed by atoms with E-state index in [1.54, 1.807) is 6.07 Å². The second-order valence-electron chi connectivity index (χ2n) is 9.69. The smallest absolute Gasteiger partial charge is 0.429 e. The Morgan fingerprint density at radius 1 is 0.784 bits per heavy atom. The first kappa shape index (κ1) is 27.0. The molecule has 0 N–H and O–H groups in total. The zero-order valence-electron chi connectivity index (χ0n) is 20.5. The van der Waals surface area contributed by atoms with Crippen LogP contribution < -0.4 is 4.74 Å². The van der Waals surface area contributed by atoms with Crippen molar-refractivity contribution in [3.8, 4) is 16.9 Å². The lowest BCUT2D eigenvalue weighted by atomic mass is 9.77. The van der Waals surface area contributed by atoms with Crippen molar-refractivity contribution in [2.45, 2.75) is 64.4 Å². The number of hydrogen-bond acceptors (Lipinski definition) is 1. The molecule has 3 aromatic carbocycles. The highest BCUT2D eigenvalue weighted by molar-refractivity contribution is 5.65. The van der Waals surface area contributed by atoms with E-state index in [0.717, 1.165) is 44.6 Å². The van der Waals surface area contributed by atoms with Gasteiger partial charge < -0.3 is 4.74 Å². The summed E-state index contributed by atoms with van der Waals surface area (Å²) in [5, 5.41) is 0. The fourth-order valence-electron chi connectivity index (χ4n) is 5.10. The van der Waals surface area contributed by atoms with Gasteiger partial charge in [-0.15, -0.1) is 0 Å². The second-order valence-corrected chi connectivity index (χ2v) is 9.69. The normalized spacial score (nSPS) is 18.2. The van der Waals surface area contributed by atoms with Crippen LogP contribution in [0, 0.1) is 41.9 Å². The Morgan fingerprint density at radius 3 is 1.92 bits per heavy atom. The molecule has 0 atom stereocenters. The molecule has 4 rings (SSSR count). The van der Waals surface area contributed by atoms with Crippen LogP contribution in [0.1, 0.15) is 68.1 Å². The van der Waals surface area contributed by atoms with Crippen LogP contribution in [0.3, 0.4) is 0 Å². The Balaban J connectivity index is 1.57. The molecule has 0 aliphatic heterocycles. The number of halogens is 7. The highest BCUT2D eigenvalue weighted by Crippen LogP contribution is 2.40. The molecular weight excluding hydrogens is 497 g/mol. The Hall–Kier alpha value is -3.03. The fraction of sp³-hybridized carbons (Fsp3) is 0.379. The third-order valence-corrected chi connectivity index (χ3v) is 7.15. The summed E-state index contributed by atoms with van der Waals surface area (Å²) in [5.74, 6) is -6.48. The van der Waals surface area contributed by atoms with Gasteiger partial charge in [-0.05, 0) is 73.8 Å².